The average Bonchev–Trinajstić information content (AvgIpc) is 3.04. The van der Waals surface area contributed by atoms with Crippen molar-refractivity contribution in [1.82, 2.24) is 20.1 Å². The molecule has 6 heteroatoms. The van der Waals surface area contributed by atoms with Gasteiger partial charge in [0.05, 0.1) is 5.75 Å². The van der Waals surface area contributed by atoms with Crippen LogP contribution in [0.15, 0.2) is 5.16 Å². The Morgan fingerprint density at radius 3 is 2.71 bits per heavy atom. The van der Waals surface area contributed by atoms with Gasteiger partial charge in [0.25, 0.3) is 0 Å². The molecule has 1 aromatic heterocycles. The molecule has 116 valence electrons. The third-order valence-corrected chi connectivity index (χ3v) is 5.15. The maximum Gasteiger partial charge on any atom is 0.230 e. The van der Waals surface area contributed by atoms with E-state index in [0.717, 1.165) is 36.8 Å². The summed E-state index contributed by atoms with van der Waals surface area (Å²) in [7, 11) is 0. The van der Waals surface area contributed by atoms with Crippen LogP contribution in [0.2, 0.25) is 0 Å². The zero-order valence-corrected chi connectivity index (χ0v) is 13.5. The molecule has 2 saturated carbocycles. The Balaban J connectivity index is 1.55. The first-order valence-electron chi connectivity index (χ1n) is 8.13. The number of aromatic nitrogens is 3. The molecule has 2 fully saturated rings. The predicted molar refractivity (Wildman–Crippen MR) is 83.4 cm³/mol. The standard InChI is InChI=1S/C15H24N4OS/c1-2-9-19-14(11-7-8-11)17-18-15(19)21-10-13(20)16-12-5-3-4-6-12/h11-12H,2-10H2,1H3,(H,16,20). The highest BCUT2D eigenvalue weighted by atomic mass is 32.2. The summed E-state index contributed by atoms with van der Waals surface area (Å²) in [6, 6.07) is 0.397. The fourth-order valence-electron chi connectivity index (χ4n) is 2.95. The van der Waals surface area contributed by atoms with Crippen molar-refractivity contribution in [3.63, 3.8) is 0 Å². The fourth-order valence-corrected chi connectivity index (χ4v) is 3.74. The van der Waals surface area contributed by atoms with E-state index in [1.54, 1.807) is 0 Å². The van der Waals surface area contributed by atoms with Crippen molar-refractivity contribution in [3.8, 4) is 0 Å². The summed E-state index contributed by atoms with van der Waals surface area (Å²) in [6.07, 6.45) is 8.28. The lowest BCUT2D eigenvalue weighted by Crippen LogP contribution is -2.33. The summed E-state index contributed by atoms with van der Waals surface area (Å²) < 4.78 is 2.21. The van der Waals surface area contributed by atoms with Crippen LogP contribution in [0.4, 0.5) is 0 Å². The Morgan fingerprint density at radius 2 is 2.05 bits per heavy atom. The molecule has 0 aliphatic heterocycles. The number of carbonyl (C=O) groups is 1. The Kier molecular flexibility index (Phi) is 4.83. The molecule has 1 N–H and O–H groups in total. The monoisotopic (exact) mass is 308 g/mol. The van der Waals surface area contributed by atoms with Gasteiger partial charge in [-0.3, -0.25) is 4.79 Å². The minimum absolute atomic E-state index is 0.130. The largest absolute Gasteiger partial charge is 0.353 e. The van der Waals surface area contributed by atoms with E-state index < -0.39 is 0 Å². The third kappa shape index (κ3) is 3.78. The zero-order valence-electron chi connectivity index (χ0n) is 12.7. The Bertz CT molecular complexity index is 492. The number of nitrogens with zero attached hydrogens (tertiary/aromatic N) is 3. The van der Waals surface area contributed by atoms with Gasteiger partial charge in [-0.2, -0.15) is 0 Å². The van der Waals surface area contributed by atoms with Crippen LogP contribution in [-0.4, -0.2) is 32.5 Å². The van der Waals surface area contributed by atoms with E-state index in [1.165, 1.54) is 37.4 Å². The summed E-state index contributed by atoms with van der Waals surface area (Å²) in [5.41, 5.74) is 0. The van der Waals surface area contributed by atoms with Gasteiger partial charge < -0.3 is 9.88 Å². The van der Waals surface area contributed by atoms with E-state index >= 15 is 0 Å². The zero-order chi connectivity index (χ0) is 14.7. The molecular formula is C15H24N4OS. The number of thioether (sulfide) groups is 1. The molecular weight excluding hydrogens is 284 g/mol. The van der Waals surface area contributed by atoms with Gasteiger partial charge in [0.2, 0.25) is 5.91 Å². The minimum Gasteiger partial charge on any atom is -0.353 e. The number of nitrogens with one attached hydrogen (secondary N) is 1. The molecule has 1 heterocycles. The van der Waals surface area contributed by atoms with Crippen molar-refractivity contribution >= 4 is 17.7 Å². The molecule has 21 heavy (non-hydrogen) atoms. The normalized spacial score (nSPS) is 19.1. The summed E-state index contributed by atoms with van der Waals surface area (Å²) in [6.45, 7) is 3.11. The molecule has 0 bridgehead atoms. The van der Waals surface area contributed by atoms with E-state index in [4.69, 9.17) is 0 Å². The molecule has 1 aromatic rings. The number of hydrogen-bond donors (Lipinski definition) is 1. The molecule has 0 saturated heterocycles. The van der Waals surface area contributed by atoms with Gasteiger partial charge in [0, 0.05) is 18.5 Å². The highest BCUT2D eigenvalue weighted by Crippen LogP contribution is 2.40. The summed E-state index contributed by atoms with van der Waals surface area (Å²) >= 11 is 1.52. The first kappa shape index (κ1) is 14.9. The summed E-state index contributed by atoms with van der Waals surface area (Å²) in [4.78, 5) is 12.0. The topological polar surface area (TPSA) is 59.8 Å². The first-order chi connectivity index (χ1) is 10.3. The molecule has 2 aliphatic rings. The van der Waals surface area contributed by atoms with Crippen LogP contribution in [-0.2, 0) is 11.3 Å². The van der Waals surface area contributed by atoms with Gasteiger partial charge in [0.15, 0.2) is 5.16 Å². The van der Waals surface area contributed by atoms with Gasteiger partial charge in [0.1, 0.15) is 5.82 Å². The second-order valence-electron chi connectivity index (χ2n) is 6.10. The number of amides is 1. The smallest absolute Gasteiger partial charge is 0.230 e. The first-order valence-corrected chi connectivity index (χ1v) is 9.11. The number of carbonyl (C=O) groups excluding carboxylic acids is 1. The van der Waals surface area contributed by atoms with Crippen LogP contribution in [0.3, 0.4) is 0 Å². The lowest BCUT2D eigenvalue weighted by atomic mass is 10.2. The lowest BCUT2D eigenvalue weighted by Gasteiger charge is -2.12. The Labute approximate surface area is 130 Å². The summed E-state index contributed by atoms with van der Waals surface area (Å²) in [5.74, 6) is 2.30. The number of rotatable bonds is 7. The maximum absolute atomic E-state index is 12.0. The molecule has 2 aliphatic carbocycles. The predicted octanol–water partition coefficient (Wildman–Crippen LogP) is 2.72. The van der Waals surface area contributed by atoms with Crippen LogP contribution < -0.4 is 5.32 Å². The van der Waals surface area contributed by atoms with Crippen LogP contribution in [0.5, 0.6) is 0 Å². The van der Waals surface area contributed by atoms with Crippen LogP contribution in [0, 0.1) is 0 Å². The van der Waals surface area contributed by atoms with Gasteiger partial charge >= 0.3 is 0 Å². The lowest BCUT2D eigenvalue weighted by molar-refractivity contribution is -0.119. The highest BCUT2D eigenvalue weighted by molar-refractivity contribution is 7.99. The second-order valence-corrected chi connectivity index (χ2v) is 7.05. The van der Waals surface area contributed by atoms with Gasteiger partial charge in [-0.15, -0.1) is 10.2 Å². The van der Waals surface area contributed by atoms with Crippen LogP contribution >= 0.6 is 11.8 Å². The molecule has 3 rings (SSSR count). The van der Waals surface area contributed by atoms with E-state index in [1.807, 2.05) is 0 Å². The van der Waals surface area contributed by atoms with E-state index in [-0.39, 0.29) is 5.91 Å². The maximum atomic E-state index is 12.0. The molecule has 1 amide bonds. The minimum atomic E-state index is 0.130. The van der Waals surface area contributed by atoms with Gasteiger partial charge in [-0.1, -0.05) is 31.5 Å². The van der Waals surface area contributed by atoms with E-state index in [2.05, 4.69) is 27.0 Å². The van der Waals surface area contributed by atoms with Crippen molar-refractivity contribution in [1.29, 1.82) is 0 Å². The van der Waals surface area contributed by atoms with Crippen molar-refractivity contribution in [2.45, 2.75) is 75.5 Å². The van der Waals surface area contributed by atoms with Crippen molar-refractivity contribution in [3.05, 3.63) is 5.82 Å². The molecule has 0 spiro atoms. The fraction of sp³-hybridized carbons (Fsp3) is 0.800. The second kappa shape index (κ2) is 6.81. The van der Waals surface area contributed by atoms with Crippen molar-refractivity contribution < 1.29 is 4.79 Å². The van der Waals surface area contributed by atoms with E-state index in [9.17, 15) is 4.79 Å². The van der Waals surface area contributed by atoms with Crippen molar-refractivity contribution in [2.24, 2.45) is 0 Å². The number of hydrogen-bond acceptors (Lipinski definition) is 4. The van der Waals surface area contributed by atoms with Gasteiger partial charge in [-0.05, 0) is 32.1 Å². The van der Waals surface area contributed by atoms with Crippen molar-refractivity contribution in [2.75, 3.05) is 5.75 Å². The quantitative estimate of drug-likeness (QED) is 0.787. The Morgan fingerprint density at radius 1 is 1.29 bits per heavy atom. The van der Waals surface area contributed by atoms with E-state index in [0.29, 0.717) is 17.7 Å². The molecule has 5 nitrogen and oxygen atoms in total. The third-order valence-electron chi connectivity index (χ3n) is 4.19. The Hall–Kier alpha value is -1.04. The molecule has 0 radical (unpaired) electrons. The average molecular weight is 308 g/mol. The highest BCUT2D eigenvalue weighted by Gasteiger charge is 2.30. The SMILES string of the molecule is CCCn1c(SCC(=O)NC2CCCC2)nnc1C1CC1. The van der Waals surface area contributed by atoms with Crippen LogP contribution in [0.1, 0.15) is 63.6 Å². The van der Waals surface area contributed by atoms with Gasteiger partial charge in [-0.25, -0.2) is 0 Å². The summed E-state index contributed by atoms with van der Waals surface area (Å²) in [5, 5.41) is 12.7. The molecule has 0 aromatic carbocycles. The molecule has 0 atom stereocenters. The van der Waals surface area contributed by atoms with Crippen LogP contribution in [0.25, 0.3) is 0 Å². The molecule has 0 unspecified atom stereocenters.